The molecule has 0 atom stereocenters. The molecule has 2 heterocycles. The van der Waals surface area contributed by atoms with Crippen LogP contribution in [0, 0.1) is 17.2 Å². The Balaban J connectivity index is 1.47. The summed E-state index contributed by atoms with van der Waals surface area (Å²) in [5, 5.41) is 12.3. The molecule has 10 heteroatoms. The molecule has 0 bridgehead atoms. The van der Waals surface area contributed by atoms with Crippen LogP contribution in [0.4, 0.5) is 11.4 Å². The van der Waals surface area contributed by atoms with E-state index in [1.807, 2.05) is 12.1 Å². The number of rotatable bonds is 6. The highest BCUT2D eigenvalue weighted by molar-refractivity contribution is 7.89. The van der Waals surface area contributed by atoms with Crippen LogP contribution in [0.5, 0.6) is 0 Å². The molecule has 0 spiro atoms. The number of nitriles is 1. The zero-order valence-electron chi connectivity index (χ0n) is 19.4. The van der Waals surface area contributed by atoms with Gasteiger partial charge in [-0.15, -0.1) is 0 Å². The van der Waals surface area contributed by atoms with Crippen molar-refractivity contribution in [3.8, 4) is 6.07 Å². The van der Waals surface area contributed by atoms with Crippen molar-refractivity contribution < 1.29 is 18.0 Å². The SMILES string of the molecule is N#Cc1ccccc1S(=O)(=O)N1CCC(C(=O)Nc2cc(C(N)=O)ccc2N2CCCCC2)CC1. The molecule has 0 aliphatic carbocycles. The first-order valence-electron chi connectivity index (χ1n) is 11.8. The molecule has 2 aliphatic heterocycles. The zero-order valence-corrected chi connectivity index (χ0v) is 20.3. The molecule has 0 radical (unpaired) electrons. The van der Waals surface area contributed by atoms with Gasteiger partial charge in [-0.3, -0.25) is 9.59 Å². The van der Waals surface area contributed by atoms with Gasteiger partial charge in [-0.25, -0.2) is 8.42 Å². The fourth-order valence-corrected chi connectivity index (χ4v) is 6.33. The van der Waals surface area contributed by atoms with Crippen LogP contribution in [0.2, 0.25) is 0 Å². The second-order valence-electron chi connectivity index (χ2n) is 8.92. The van der Waals surface area contributed by atoms with Crippen LogP contribution in [0.3, 0.4) is 0 Å². The highest BCUT2D eigenvalue weighted by Crippen LogP contribution is 2.32. The van der Waals surface area contributed by atoms with E-state index in [2.05, 4.69) is 10.2 Å². The molecule has 0 unspecified atom stereocenters. The van der Waals surface area contributed by atoms with Crippen molar-refractivity contribution in [3.63, 3.8) is 0 Å². The van der Waals surface area contributed by atoms with Crippen LogP contribution in [0.25, 0.3) is 0 Å². The molecule has 35 heavy (non-hydrogen) atoms. The summed E-state index contributed by atoms with van der Waals surface area (Å²) in [6, 6.07) is 13.2. The summed E-state index contributed by atoms with van der Waals surface area (Å²) in [7, 11) is -3.83. The first-order chi connectivity index (χ1) is 16.8. The number of hydrogen-bond acceptors (Lipinski definition) is 6. The van der Waals surface area contributed by atoms with Crippen molar-refractivity contribution >= 4 is 33.2 Å². The van der Waals surface area contributed by atoms with Gasteiger partial charge in [0.1, 0.15) is 6.07 Å². The van der Waals surface area contributed by atoms with Gasteiger partial charge >= 0.3 is 0 Å². The van der Waals surface area contributed by atoms with Crippen molar-refractivity contribution in [1.29, 1.82) is 5.26 Å². The normalized spacial score (nSPS) is 17.5. The monoisotopic (exact) mass is 495 g/mol. The number of piperidine rings is 2. The lowest BCUT2D eigenvalue weighted by Gasteiger charge is -2.32. The van der Waals surface area contributed by atoms with E-state index in [-0.39, 0.29) is 35.4 Å². The van der Waals surface area contributed by atoms with Gasteiger partial charge in [-0.1, -0.05) is 12.1 Å². The summed E-state index contributed by atoms with van der Waals surface area (Å²) >= 11 is 0. The smallest absolute Gasteiger partial charge is 0.248 e. The number of amides is 2. The van der Waals surface area contributed by atoms with Gasteiger partial charge < -0.3 is 16.0 Å². The minimum atomic E-state index is -3.83. The summed E-state index contributed by atoms with van der Waals surface area (Å²) in [4.78, 5) is 27.1. The standard InChI is InChI=1S/C25H29N5O4S/c26-17-20-6-2-3-7-23(20)35(33,34)30-14-10-18(11-15-30)25(32)28-21-16-19(24(27)31)8-9-22(21)29-12-4-1-5-13-29/h2-3,6-9,16,18H,1,4-5,10-15H2,(H2,27,31)(H,28,32). The topological polar surface area (TPSA) is 137 Å². The van der Waals surface area contributed by atoms with E-state index >= 15 is 0 Å². The van der Waals surface area contributed by atoms with E-state index in [4.69, 9.17) is 5.73 Å². The average molecular weight is 496 g/mol. The lowest BCUT2D eigenvalue weighted by Crippen LogP contribution is -2.41. The number of benzene rings is 2. The molecule has 4 rings (SSSR count). The molecule has 2 aromatic carbocycles. The van der Waals surface area contributed by atoms with Gasteiger partial charge in [0.25, 0.3) is 0 Å². The summed E-state index contributed by atoms with van der Waals surface area (Å²) in [5.74, 6) is -1.15. The maximum absolute atomic E-state index is 13.2. The summed E-state index contributed by atoms with van der Waals surface area (Å²) < 4.78 is 27.5. The maximum Gasteiger partial charge on any atom is 0.248 e. The first kappa shape index (κ1) is 24.7. The molecule has 3 N–H and O–H groups in total. The van der Waals surface area contributed by atoms with Gasteiger partial charge in [-0.05, 0) is 62.4 Å². The quantitative estimate of drug-likeness (QED) is 0.632. The second kappa shape index (κ2) is 10.5. The van der Waals surface area contributed by atoms with Crippen molar-refractivity contribution in [2.45, 2.75) is 37.0 Å². The fourth-order valence-electron chi connectivity index (χ4n) is 4.72. The predicted molar refractivity (Wildman–Crippen MR) is 132 cm³/mol. The van der Waals surface area contributed by atoms with E-state index in [0.29, 0.717) is 24.1 Å². The third-order valence-electron chi connectivity index (χ3n) is 6.69. The Bertz CT molecular complexity index is 1260. The van der Waals surface area contributed by atoms with Crippen molar-refractivity contribution in [3.05, 3.63) is 53.6 Å². The molecule has 9 nitrogen and oxygen atoms in total. The fraction of sp³-hybridized carbons (Fsp3) is 0.400. The summed E-state index contributed by atoms with van der Waals surface area (Å²) in [5.41, 5.74) is 7.29. The number of nitrogens with zero attached hydrogens (tertiary/aromatic N) is 3. The molecule has 0 aromatic heterocycles. The summed E-state index contributed by atoms with van der Waals surface area (Å²) in [6.45, 7) is 2.11. The minimum absolute atomic E-state index is 0.0140. The third-order valence-corrected chi connectivity index (χ3v) is 8.64. The van der Waals surface area contributed by atoms with Crippen molar-refractivity contribution in [2.75, 3.05) is 36.4 Å². The van der Waals surface area contributed by atoms with E-state index in [0.717, 1.165) is 38.0 Å². The summed E-state index contributed by atoms with van der Waals surface area (Å²) in [6.07, 6.45) is 4.00. The number of carbonyl (C=O) groups excluding carboxylic acids is 2. The molecule has 2 aromatic rings. The van der Waals surface area contributed by atoms with E-state index in [1.54, 1.807) is 24.3 Å². The Morgan fingerprint density at radius 2 is 1.69 bits per heavy atom. The van der Waals surface area contributed by atoms with Crippen LogP contribution in [0.15, 0.2) is 47.4 Å². The first-order valence-corrected chi connectivity index (χ1v) is 13.2. The predicted octanol–water partition coefficient (Wildman–Crippen LogP) is 2.69. The maximum atomic E-state index is 13.2. The third kappa shape index (κ3) is 5.31. The number of nitrogens with two attached hydrogens (primary N) is 1. The molecule has 2 fully saturated rings. The number of anilines is 2. The number of nitrogens with one attached hydrogen (secondary N) is 1. The number of carbonyl (C=O) groups is 2. The zero-order chi connectivity index (χ0) is 25.0. The van der Waals surface area contributed by atoms with Crippen LogP contribution in [0.1, 0.15) is 48.0 Å². The molecular weight excluding hydrogens is 466 g/mol. The van der Waals surface area contributed by atoms with Crippen LogP contribution in [-0.2, 0) is 14.8 Å². The Hall–Kier alpha value is -3.42. The van der Waals surface area contributed by atoms with E-state index in [9.17, 15) is 23.3 Å². The Morgan fingerprint density at radius 3 is 2.34 bits per heavy atom. The largest absolute Gasteiger partial charge is 0.370 e. The van der Waals surface area contributed by atoms with Gasteiger partial charge in [0, 0.05) is 37.7 Å². The second-order valence-corrected chi connectivity index (χ2v) is 10.8. The van der Waals surface area contributed by atoms with Gasteiger partial charge in [0.2, 0.25) is 21.8 Å². The van der Waals surface area contributed by atoms with Crippen LogP contribution >= 0.6 is 0 Å². The van der Waals surface area contributed by atoms with E-state index in [1.165, 1.54) is 16.4 Å². The van der Waals surface area contributed by atoms with Crippen LogP contribution in [-0.4, -0.2) is 50.7 Å². The molecule has 2 aliphatic rings. The number of hydrogen-bond donors (Lipinski definition) is 2. The lowest BCUT2D eigenvalue weighted by molar-refractivity contribution is -0.120. The Labute approximate surface area is 205 Å². The molecule has 184 valence electrons. The highest BCUT2D eigenvalue weighted by Gasteiger charge is 2.33. The van der Waals surface area contributed by atoms with Gasteiger partial charge in [0.15, 0.2) is 0 Å². The number of primary amides is 1. The highest BCUT2D eigenvalue weighted by atomic mass is 32.2. The molecule has 2 saturated heterocycles. The molecule has 0 saturated carbocycles. The van der Waals surface area contributed by atoms with Crippen LogP contribution < -0.4 is 16.0 Å². The van der Waals surface area contributed by atoms with Gasteiger partial charge in [-0.2, -0.15) is 9.57 Å². The number of sulfonamides is 1. The molecular formula is C25H29N5O4S. The van der Waals surface area contributed by atoms with Gasteiger partial charge in [0.05, 0.1) is 21.8 Å². The Kier molecular flexibility index (Phi) is 7.38. The van der Waals surface area contributed by atoms with E-state index < -0.39 is 15.9 Å². The van der Waals surface area contributed by atoms with Crippen molar-refractivity contribution in [2.24, 2.45) is 11.7 Å². The molecule has 2 amide bonds. The lowest BCUT2D eigenvalue weighted by atomic mass is 9.97. The van der Waals surface area contributed by atoms with Crippen molar-refractivity contribution in [1.82, 2.24) is 4.31 Å². The average Bonchev–Trinajstić information content (AvgIpc) is 2.89. The Morgan fingerprint density at radius 1 is 1.00 bits per heavy atom. The minimum Gasteiger partial charge on any atom is -0.370 e.